The van der Waals surface area contributed by atoms with Gasteiger partial charge in [-0.2, -0.15) is 0 Å². The Morgan fingerprint density at radius 3 is 1.41 bits per heavy atom. The molecule has 1 unspecified atom stereocenters. The van der Waals surface area contributed by atoms with Gasteiger partial charge in [0.2, 0.25) is 29.5 Å². The molecule has 0 fully saturated rings. The zero-order chi connectivity index (χ0) is 48.3. The number of benzene rings is 3. The van der Waals surface area contributed by atoms with Gasteiger partial charge in [0.25, 0.3) is 0 Å². The van der Waals surface area contributed by atoms with Crippen molar-refractivity contribution in [1.29, 1.82) is 0 Å². The molecule has 9 N–H and O–H groups in total. The second-order valence-electron chi connectivity index (χ2n) is 17.0. The SMILES string of the molecule is CCC(C)[C@H](NC(=O)CCCCCCCCCCCCCCC(=O)N[C@@H](Cc1ccc(OP(=O)(O)O)cc1)C(=O)N[C@@H](Cc1ccccc1)C(=O)O)C(=O)N[C@@H](Cc1ccccc1)C(N)=O. The number of nitrogens with one attached hydrogen (secondary N) is 4. The molecule has 3 aromatic carbocycles. The van der Waals surface area contributed by atoms with Crippen LogP contribution in [0.2, 0.25) is 0 Å². The summed E-state index contributed by atoms with van der Waals surface area (Å²) in [6.07, 6.45) is 13.1. The van der Waals surface area contributed by atoms with E-state index in [4.69, 9.17) is 15.5 Å². The minimum Gasteiger partial charge on any atom is -0.480 e. The van der Waals surface area contributed by atoms with E-state index in [2.05, 4.69) is 25.8 Å². The first-order valence-corrected chi connectivity index (χ1v) is 24.7. The lowest BCUT2D eigenvalue weighted by Gasteiger charge is -2.26. The van der Waals surface area contributed by atoms with E-state index in [1.54, 1.807) is 30.3 Å². The van der Waals surface area contributed by atoms with Crippen LogP contribution in [0.25, 0.3) is 0 Å². The van der Waals surface area contributed by atoms with Gasteiger partial charge in [-0.15, -0.1) is 0 Å². The van der Waals surface area contributed by atoms with Crippen LogP contribution in [-0.4, -0.2) is 74.6 Å². The second-order valence-corrected chi connectivity index (χ2v) is 18.1. The summed E-state index contributed by atoms with van der Waals surface area (Å²) in [6.45, 7) is 3.84. The third-order valence-electron chi connectivity index (χ3n) is 11.4. The summed E-state index contributed by atoms with van der Waals surface area (Å²) in [5, 5.41) is 20.8. The first kappa shape index (κ1) is 54.8. The first-order chi connectivity index (χ1) is 31.5. The summed E-state index contributed by atoms with van der Waals surface area (Å²) in [5.74, 6) is -3.68. The van der Waals surface area contributed by atoms with Crippen LogP contribution >= 0.6 is 7.82 Å². The van der Waals surface area contributed by atoms with Crippen molar-refractivity contribution in [2.24, 2.45) is 11.7 Å². The van der Waals surface area contributed by atoms with Crippen molar-refractivity contribution in [3.05, 3.63) is 102 Å². The summed E-state index contributed by atoms with van der Waals surface area (Å²) in [6, 6.07) is 19.9. The average molecular weight is 936 g/mol. The van der Waals surface area contributed by atoms with Crippen molar-refractivity contribution in [2.45, 2.75) is 154 Å². The van der Waals surface area contributed by atoms with E-state index in [9.17, 15) is 38.4 Å². The van der Waals surface area contributed by atoms with Crippen LogP contribution in [0.3, 0.4) is 0 Å². The smallest absolute Gasteiger partial charge is 0.480 e. The monoisotopic (exact) mass is 935 g/mol. The maximum Gasteiger partial charge on any atom is 0.524 e. The molecule has 3 aromatic rings. The van der Waals surface area contributed by atoms with Crippen LogP contribution < -0.4 is 31.5 Å². The molecular weight excluding hydrogens is 866 g/mol. The number of primary amides is 1. The molecule has 66 heavy (non-hydrogen) atoms. The molecule has 0 saturated heterocycles. The molecule has 0 bridgehead atoms. The predicted molar refractivity (Wildman–Crippen MR) is 252 cm³/mol. The highest BCUT2D eigenvalue weighted by Crippen LogP contribution is 2.37. The lowest BCUT2D eigenvalue weighted by atomic mass is 9.97. The number of hydrogen-bond donors (Lipinski definition) is 8. The van der Waals surface area contributed by atoms with Gasteiger partial charge in [0, 0.05) is 32.1 Å². The van der Waals surface area contributed by atoms with Gasteiger partial charge >= 0.3 is 13.8 Å². The number of carbonyl (C=O) groups excluding carboxylic acids is 5. The fourth-order valence-electron chi connectivity index (χ4n) is 7.48. The van der Waals surface area contributed by atoms with E-state index in [0.717, 1.165) is 76.2 Å². The van der Waals surface area contributed by atoms with Crippen molar-refractivity contribution in [3.8, 4) is 5.75 Å². The topological polar surface area (TPSA) is 264 Å². The summed E-state index contributed by atoms with van der Waals surface area (Å²) in [7, 11) is -4.77. The Morgan fingerprint density at radius 1 is 0.561 bits per heavy atom. The molecule has 0 aliphatic rings. The van der Waals surface area contributed by atoms with E-state index in [1.807, 2.05) is 44.2 Å². The molecule has 17 heteroatoms. The first-order valence-electron chi connectivity index (χ1n) is 23.2. The van der Waals surface area contributed by atoms with Gasteiger partial charge in [-0.25, -0.2) is 9.36 Å². The van der Waals surface area contributed by atoms with Crippen molar-refractivity contribution in [1.82, 2.24) is 21.3 Å². The lowest BCUT2D eigenvalue weighted by molar-refractivity contribution is -0.142. The Kier molecular flexibility index (Phi) is 24.8. The van der Waals surface area contributed by atoms with Crippen LogP contribution in [0.1, 0.15) is 127 Å². The average Bonchev–Trinajstić information content (AvgIpc) is 3.28. The summed E-state index contributed by atoms with van der Waals surface area (Å²) >= 11 is 0. The molecule has 362 valence electrons. The van der Waals surface area contributed by atoms with Gasteiger partial charge < -0.3 is 36.6 Å². The van der Waals surface area contributed by atoms with Crippen molar-refractivity contribution >= 4 is 43.3 Å². The standard InChI is InChI=1S/C49H70N5O11P/c1-3-35(2)45(48(59)52-40(46(50)57)32-36-22-16-14-17-23-36)54-44(56)27-21-13-11-9-7-5-4-6-8-10-12-20-26-43(55)51-41(33-38-28-30-39(31-29-38)65-66(62,63)64)47(58)53-42(49(60)61)34-37-24-18-15-19-25-37/h14-19,22-25,28-31,35,40-42,45H,3-13,20-21,26-27,32-34H2,1-2H3,(H2,50,57)(H,51,55)(H,52,59)(H,53,58)(H,54,56)(H,60,61)(H2,62,63,64)/t35?,40-,41-,42-,45-/m0/s1. The number of unbranched alkanes of at least 4 members (excludes halogenated alkanes) is 11. The molecule has 0 heterocycles. The number of nitrogens with two attached hydrogens (primary N) is 1. The van der Waals surface area contributed by atoms with E-state index in [0.29, 0.717) is 30.4 Å². The third-order valence-corrected chi connectivity index (χ3v) is 11.9. The van der Waals surface area contributed by atoms with Gasteiger partial charge in [-0.1, -0.05) is 157 Å². The van der Waals surface area contributed by atoms with Crippen LogP contribution in [-0.2, 0) is 52.6 Å². The van der Waals surface area contributed by atoms with Gasteiger partial charge in [0.05, 0.1) is 0 Å². The molecule has 3 rings (SSSR count). The van der Waals surface area contributed by atoms with Crippen molar-refractivity contribution in [3.63, 3.8) is 0 Å². The number of phosphoric ester groups is 1. The highest BCUT2D eigenvalue weighted by molar-refractivity contribution is 7.46. The Morgan fingerprint density at radius 2 is 0.970 bits per heavy atom. The summed E-state index contributed by atoms with van der Waals surface area (Å²) in [4.78, 5) is 95.0. The Labute approximate surface area is 388 Å². The highest BCUT2D eigenvalue weighted by Gasteiger charge is 2.30. The summed E-state index contributed by atoms with van der Waals surface area (Å²) in [5.41, 5.74) is 7.74. The number of carboxylic acid groups (broad SMARTS) is 1. The fraction of sp³-hybridized carbons (Fsp3) is 0.510. The predicted octanol–water partition coefficient (Wildman–Crippen LogP) is 6.20. The number of rotatable bonds is 33. The molecule has 0 aliphatic carbocycles. The number of aliphatic carboxylic acids is 1. The molecule has 0 aromatic heterocycles. The Bertz CT molecular complexity index is 2000. The normalized spacial score (nSPS) is 13.6. The zero-order valence-electron chi connectivity index (χ0n) is 38.3. The summed E-state index contributed by atoms with van der Waals surface area (Å²) < 4.78 is 15.8. The van der Waals surface area contributed by atoms with Crippen LogP contribution in [0.5, 0.6) is 5.75 Å². The highest BCUT2D eigenvalue weighted by atomic mass is 31.2. The molecule has 0 saturated carbocycles. The largest absolute Gasteiger partial charge is 0.524 e. The van der Waals surface area contributed by atoms with E-state index in [1.165, 1.54) is 24.3 Å². The molecule has 0 spiro atoms. The van der Waals surface area contributed by atoms with Crippen LogP contribution in [0.4, 0.5) is 0 Å². The molecule has 5 amide bonds. The number of amides is 5. The third kappa shape index (κ3) is 22.6. The molecular formula is C49H70N5O11P. The quantitative estimate of drug-likeness (QED) is 0.0252. The van der Waals surface area contributed by atoms with Gasteiger partial charge in [-0.05, 0) is 47.6 Å². The van der Waals surface area contributed by atoms with E-state index >= 15 is 0 Å². The van der Waals surface area contributed by atoms with Crippen molar-refractivity contribution < 1.29 is 52.7 Å². The number of carbonyl (C=O) groups is 6. The Balaban J connectivity index is 1.31. The minimum absolute atomic E-state index is 0.00133. The number of carboxylic acids is 1. The maximum atomic E-state index is 13.5. The lowest BCUT2D eigenvalue weighted by Crippen LogP contribution is -2.55. The minimum atomic E-state index is -4.77. The van der Waals surface area contributed by atoms with Crippen molar-refractivity contribution in [2.75, 3.05) is 0 Å². The second kappa shape index (κ2) is 29.9. The van der Waals surface area contributed by atoms with Gasteiger partial charge in [0.1, 0.15) is 29.9 Å². The van der Waals surface area contributed by atoms with Crippen LogP contribution in [0, 0.1) is 5.92 Å². The maximum absolute atomic E-state index is 13.5. The molecule has 16 nitrogen and oxygen atoms in total. The molecule has 0 aliphatic heterocycles. The number of phosphoric acid groups is 1. The van der Waals surface area contributed by atoms with E-state index in [-0.39, 0.29) is 49.2 Å². The molecule has 0 radical (unpaired) electrons. The van der Waals surface area contributed by atoms with Gasteiger partial charge in [-0.3, -0.25) is 33.8 Å². The Hall–Kier alpha value is -5.57. The number of hydrogen-bond acceptors (Lipinski definition) is 8. The fourth-order valence-corrected chi connectivity index (χ4v) is 7.87. The van der Waals surface area contributed by atoms with Crippen LogP contribution in [0.15, 0.2) is 84.9 Å². The molecule has 5 atom stereocenters. The zero-order valence-corrected chi connectivity index (χ0v) is 39.2. The van der Waals surface area contributed by atoms with Gasteiger partial charge in [0.15, 0.2) is 0 Å². The van der Waals surface area contributed by atoms with E-state index < -0.39 is 55.7 Å².